The number of carbonyl (C=O) groups excluding carboxylic acids is 3. The van der Waals surface area contributed by atoms with E-state index in [4.69, 9.17) is 0 Å². The lowest BCUT2D eigenvalue weighted by Gasteiger charge is -2.46. The summed E-state index contributed by atoms with van der Waals surface area (Å²) in [4.78, 5) is 40.1. The summed E-state index contributed by atoms with van der Waals surface area (Å²) in [5.74, 6) is -1.95. The summed E-state index contributed by atoms with van der Waals surface area (Å²) in [6.45, 7) is 2.19. The smallest absolute Gasteiger partial charge is 0.229 e. The Morgan fingerprint density at radius 2 is 1.82 bits per heavy atom. The van der Waals surface area contributed by atoms with Crippen LogP contribution in [0.4, 0.5) is 0 Å². The molecule has 150 valence electrons. The first-order valence-corrected chi connectivity index (χ1v) is 10.0. The highest BCUT2D eigenvalue weighted by Gasteiger charge is 2.49. The highest BCUT2D eigenvalue weighted by Crippen LogP contribution is 2.27. The van der Waals surface area contributed by atoms with E-state index in [-0.39, 0.29) is 30.4 Å². The number of carbonyl (C=O) groups is 3. The first-order chi connectivity index (χ1) is 13.6. The molecule has 0 spiro atoms. The van der Waals surface area contributed by atoms with Gasteiger partial charge in [0.1, 0.15) is 6.29 Å². The third kappa shape index (κ3) is 4.02. The minimum Gasteiger partial charge on any atom is -0.352 e. The lowest BCUT2D eigenvalue weighted by molar-refractivity contribution is -0.149. The summed E-state index contributed by atoms with van der Waals surface area (Å²) >= 11 is 0. The van der Waals surface area contributed by atoms with E-state index in [0.29, 0.717) is 6.54 Å². The van der Waals surface area contributed by atoms with Crippen LogP contribution in [0.1, 0.15) is 31.2 Å². The minimum atomic E-state index is -0.683. The molecule has 4 rings (SSSR count). The van der Waals surface area contributed by atoms with E-state index in [2.05, 4.69) is 26.2 Å². The molecular formula is C20H27N5O3. The van der Waals surface area contributed by atoms with Gasteiger partial charge in [-0.1, -0.05) is 36.8 Å². The van der Waals surface area contributed by atoms with Gasteiger partial charge in [0.2, 0.25) is 17.7 Å². The maximum Gasteiger partial charge on any atom is 0.229 e. The van der Waals surface area contributed by atoms with Crippen LogP contribution in [0.15, 0.2) is 30.3 Å². The van der Waals surface area contributed by atoms with Gasteiger partial charge in [-0.25, -0.2) is 0 Å². The standard InChI is InChI=1S/C20H27N5O3/c26-15-11-14(18(27)21-12-13-7-3-1-4-8-13)16-17(22-15)23-20(24-19(16)28)25-9-5-2-6-10-25/h1,3-4,7-8,14,16-17,20,23H,2,5-6,9-12H2,(H,21,27)(H,22,26)(H,24,28). The maximum atomic E-state index is 12.9. The first-order valence-electron chi connectivity index (χ1n) is 10.0. The number of likely N-dealkylation sites (tertiary alicyclic amines) is 1. The number of nitrogens with one attached hydrogen (secondary N) is 4. The summed E-state index contributed by atoms with van der Waals surface area (Å²) in [5.41, 5.74) is 0.976. The zero-order chi connectivity index (χ0) is 19.5. The summed E-state index contributed by atoms with van der Waals surface area (Å²) in [7, 11) is 0. The van der Waals surface area contributed by atoms with Gasteiger partial charge in [-0.3, -0.25) is 24.6 Å². The van der Waals surface area contributed by atoms with E-state index in [1.165, 1.54) is 6.42 Å². The van der Waals surface area contributed by atoms with Crippen LogP contribution in [0.2, 0.25) is 0 Å². The van der Waals surface area contributed by atoms with Crippen molar-refractivity contribution in [3.8, 4) is 0 Å². The van der Waals surface area contributed by atoms with Crippen LogP contribution in [-0.2, 0) is 20.9 Å². The molecule has 3 aliphatic rings. The van der Waals surface area contributed by atoms with Crippen molar-refractivity contribution in [3.63, 3.8) is 0 Å². The highest BCUT2D eigenvalue weighted by molar-refractivity contribution is 5.94. The summed E-state index contributed by atoms with van der Waals surface area (Å²) in [6.07, 6.45) is 2.57. The molecule has 0 aromatic heterocycles. The summed E-state index contributed by atoms with van der Waals surface area (Å²) in [6, 6.07) is 9.58. The zero-order valence-corrected chi connectivity index (χ0v) is 15.8. The number of amides is 3. The molecule has 0 radical (unpaired) electrons. The van der Waals surface area contributed by atoms with E-state index >= 15 is 0 Å². The number of hydrogen-bond acceptors (Lipinski definition) is 5. The van der Waals surface area contributed by atoms with E-state index in [1.807, 2.05) is 30.3 Å². The lowest BCUT2D eigenvalue weighted by Crippen LogP contribution is -2.74. The fourth-order valence-corrected chi connectivity index (χ4v) is 4.35. The molecule has 0 saturated carbocycles. The Kier molecular flexibility index (Phi) is 5.59. The fourth-order valence-electron chi connectivity index (χ4n) is 4.35. The van der Waals surface area contributed by atoms with Gasteiger partial charge in [-0.05, 0) is 18.4 Å². The Labute approximate surface area is 164 Å². The van der Waals surface area contributed by atoms with Crippen molar-refractivity contribution in [3.05, 3.63) is 35.9 Å². The fraction of sp³-hybridized carbons (Fsp3) is 0.550. The summed E-state index contributed by atoms with van der Waals surface area (Å²) < 4.78 is 0. The molecule has 3 aliphatic heterocycles. The van der Waals surface area contributed by atoms with Crippen molar-refractivity contribution >= 4 is 17.7 Å². The van der Waals surface area contributed by atoms with Crippen LogP contribution >= 0.6 is 0 Å². The number of rotatable bonds is 4. The molecule has 3 saturated heterocycles. The minimum absolute atomic E-state index is 0.0191. The molecule has 4 N–H and O–H groups in total. The van der Waals surface area contributed by atoms with Crippen LogP contribution in [0.3, 0.4) is 0 Å². The van der Waals surface area contributed by atoms with Gasteiger partial charge in [-0.15, -0.1) is 0 Å². The Morgan fingerprint density at radius 3 is 2.57 bits per heavy atom. The molecule has 1 aromatic carbocycles. The zero-order valence-electron chi connectivity index (χ0n) is 15.8. The monoisotopic (exact) mass is 385 g/mol. The molecule has 8 heteroatoms. The average Bonchev–Trinajstić information content (AvgIpc) is 2.72. The van der Waals surface area contributed by atoms with E-state index in [0.717, 1.165) is 31.5 Å². The van der Waals surface area contributed by atoms with Gasteiger partial charge in [0.25, 0.3) is 0 Å². The maximum absolute atomic E-state index is 12.9. The van der Waals surface area contributed by atoms with E-state index in [1.54, 1.807) is 0 Å². The highest BCUT2D eigenvalue weighted by atomic mass is 16.2. The number of piperidine rings is 2. The average molecular weight is 385 g/mol. The third-order valence-corrected chi connectivity index (χ3v) is 5.84. The van der Waals surface area contributed by atoms with Gasteiger partial charge >= 0.3 is 0 Å². The van der Waals surface area contributed by atoms with Gasteiger partial charge in [-0.2, -0.15) is 0 Å². The molecule has 1 aromatic rings. The molecule has 4 atom stereocenters. The first kappa shape index (κ1) is 18.9. The van der Waals surface area contributed by atoms with Gasteiger partial charge < -0.3 is 16.0 Å². The molecule has 3 fully saturated rings. The van der Waals surface area contributed by atoms with Crippen molar-refractivity contribution in [2.45, 2.75) is 44.7 Å². The van der Waals surface area contributed by atoms with E-state index in [9.17, 15) is 14.4 Å². The third-order valence-electron chi connectivity index (χ3n) is 5.84. The second-order valence-corrected chi connectivity index (χ2v) is 7.76. The van der Waals surface area contributed by atoms with Crippen molar-refractivity contribution < 1.29 is 14.4 Å². The predicted octanol–water partition coefficient (Wildman–Crippen LogP) is -0.130. The molecule has 28 heavy (non-hydrogen) atoms. The number of hydrogen-bond donors (Lipinski definition) is 4. The van der Waals surface area contributed by atoms with Crippen molar-refractivity contribution in [1.29, 1.82) is 0 Å². The molecule has 4 unspecified atom stereocenters. The SMILES string of the molecule is O=C1CC(C(=O)NCc2ccccc2)C2C(=O)NC(N3CCCCC3)NC2N1. The molecule has 0 bridgehead atoms. The molecule has 3 heterocycles. The van der Waals surface area contributed by atoms with Crippen molar-refractivity contribution in [2.24, 2.45) is 11.8 Å². The van der Waals surface area contributed by atoms with Crippen LogP contribution in [0.5, 0.6) is 0 Å². The van der Waals surface area contributed by atoms with Crippen LogP contribution in [-0.4, -0.2) is 48.2 Å². The number of nitrogens with zero attached hydrogens (tertiary/aromatic N) is 1. The quantitative estimate of drug-likeness (QED) is 0.578. The topological polar surface area (TPSA) is 103 Å². The van der Waals surface area contributed by atoms with Crippen molar-refractivity contribution in [1.82, 2.24) is 26.2 Å². The summed E-state index contributed by atoms with van der Waals surface area (Å²) in [5, 5.41) is 12.1. The van der Waals surface area contributed by atoms with Crippen LogP contribution in [0, 0.1) is 11.8 Å². The number of benzene rings is 1. The Bertz CT molecular complexity index is 735. The second kappa shape index (κ2) is 8.28. The molecule has 3 amide bonds. The Hall–Kier alpha value is -2.45. The second-order valence-electron chi connectivity index (χ2n) is 7.76. The van der Waals surface area contributed by atoms with E-state index < -0.39 is 18.0 Å². The van der Waals surface area contributed by atoms with Gasteiger partial charge in [0.05, 0.1) is 18.0 Å². The normalized spacial score (nSPS) is 30.7. The van der Waals surface area contributed by atoms with Crippen LogP contribution in [0.25, 0.3) is 0 Å². The molecular weight excluding hydrogens is 358 g/mol. The lowest BCUT2D eigenvalue weighted by atomic mass is 9.81. The number of fused-ring (bicyclic) bond motifs is 1. The predicted molar refractivity (Wildman–Crippen MR) is 102 cm³/mol. The Morgan fingerprint density at radius 1 is 1.07 bits per heavy atom. The van der Waals surface area contributed by atoms with Crippen molar-refractivity contribution in [2.75, 3.05) is 13.1 Å². The van der Waals surface area contributed by atoms with Crippen LogP contribution < -0.4 is 21.3 Å². The largest absolute Gasteiger partial charge is 0.352 e. The van der Waals surface area contributed by atoms with Gasteiger partial charge in [0.15, 0.2) is 0 Å². The Balaban J connectivity index is 1.43. The molecule has 8 nitrogen and oxygen atoms in total. The van der Waals surface area contributed by atoms with Gasteiger partial charge in [0, 0.05) is 26.1 Å². The molecule has 0 aliphatic carbocycles.